The van der Waals surface area contributed by atoms with E-state index in [0.717, 1.165) is 29.5 Å². The van der Waals surface area contributed by atoms with Crippen LogP contribution in [0.15, 0.2) is 58.8 Å². The van der Waals surface area contributed by atoms with Crippen LogP contribution in [0.1, 0.15) is 45.0 Å². The molecule has 0 spiro atoms. The lowest BCUT2D eigenvalue weighted by molar-refractivity contribution is -0.117. The Hall–Kier alpha value is -3.37. The minimum Gasteiger partial charge on any atom is -0.477 e. The molecular formula is C23H18FNO6S2. The number of carboxylic acid groups (broad SMARTS) is 1. The van der Waals surface area contributed by atoms with E-state index in [1.54, 1.807) is 30.3 Å². The SMILES string of the molecule is CC(C)(c1ccccc1)S(=O)(=O)c1ccc(F)c(N2C(=O)Cc3csc(C(=O)O)c3C2=O)c1. The Morgan fingerprint density at radius 2 is 1.79 bits per heavy atom. The Balaban J connectivity index is 1.83. The molecule has 33 heavy (non-hydrogen) atoms. The first-order valence-electron chi connectivity index (χ1n) is 9.77. The van der Waals surface area contributed by atoms with Gasteiger partial charge >= 0.3 is 5.97 Å². The van der Waals surface area contributed by atoms with Gasteiger partial charge in [-0.15, -0.1) is 11.3 Å². The van der Waals surface area contributed by atoms with Crippen molar-refractivity contribution in [3.8, 4) is 0 Å². The largest absolute Gasteiger partial charge is 0.477 e. The van der Waals surface area contributed by atoms with Gasteiger partial charge in [0.15, 0.2) is 9.84 Å². The van der Waals surface area contributed by atoms with Crippen LogP contribution >= 0.6 is 11.3 Å². The fourth-order valence-electron chi connectivity index (χ4n) is 3.75. The average molecular weight is 488 g/mol. The summed E-state index contributed by atoms with van der Waals surface area (Å²) in [4.78, 5) is 37.3. The standard InChI is InChI=1S/C23H18FNO6S2/c1-23(2,14-6-4-3-5-7-14)33(30,31)15-8-9-16(24)17(11-15)25-18(26)10-13-12-32-20(22(28)29)19(13)21(25)27/h3-9,11-12H,10H2,1-2H3,(H,28,29). The Kier molecular flexibility index (Phi) is 5.45. The second-order valence-electron chi connectivity index (χ2n) is 7.97. The second-order valence-corrected chi connectivity index (χ2v) is 11.4. The molecule has 0 fully saturated rings. The third-order valence-electron chi connectivity index (χ3n) is 5.68. The molecule has 0 aliphatic carbocycles. The molecule has 3 aromatic rings. The van der Waals surface area contributed by atoms with E-state index in [2.05, 4.69) is 0 Å². The van der Waals surface area contributed by atoms with E-state index in [1.165, 1.54) is 19.2 Å². The molecule has 4 rings (SSSR count). The number of hydrogen-bond acceptors (Lipinski definition) is 6. The van der Waals surface area contributed by atoms with E-state index < -0.39 is 43.9 Å². The molecule has 10 heteroatoms. The molecule has 2 heterocycles. The van der Waals surface area contributed by atoms with Gasteiger partial charge in [-0.2, -0.15) is 0 Å². The van der Waals surface area contributed by atoms with Crippen LogP contribution < -0.4 is 4.90 Å². The van der Waals surface area contributed by atoms with Gasteiger partial charge in [0.2, 0.25) is 5.91 Å². The Bertz CT molecular complexity index is 1410. The van der Waals surface area contributed by atoms with Crippen molar-refractivity contribution in [2.75, 3.05) is 4.90 Å². The summed E-state index contributed by atoms with van der Waals surface area (Å²) in [5.41, 5.74) is 0.0283. The first-order chi connectivity index (χ1) is 15.5. The number of rotatable bonds is 5. The van der Waals surface area contributed by atoms with E-state index in [1.807, 2.05) is 0 Å². The molecule has 0 saturated carbocycles. The highest BCUT2D eigenvalue weighted by molar-refractivity contribution is 7.92. The van der Waals surface area contributed by atoms with Crippen LogP contribution in [-0.2, 0) is 25.8 Å². The van der Waals surface area contributed by atoms with Crippen molar-refractivity contribution in [2.24, 2.45) is 0 Å². The highest BCUT2D eigenvalue weighted by atomic mass is 32.2. The molecule has 1 N–H and O–H groups in total. The van der Waals surface area contributed by atoms with Gasteiger partial charge in [0.25, 0.3) is 5.91 Å². The number of carbonyl (C=O) groups is 3. The average Bonchev–Trinajstić information content (AvgIpc) is 3.19. The Morgan fingerprint density at radius 1 is 1.12 bits per heavy atom. The minimum atomic E-state index is -4.08. The van der Waals surface area contributed by atoms with E-state index in [9.17, 15) is 32.3 Å². The molecule has 2 amide bonds. The van der Waals surface area contributed by atoms with Crippen molar-refractivity contribution < 1.29 is 32.3 Å². The minimum absolute atomic E-state index is 0.190. The van der Waals surface area contributed by atoms with Gasteiger partial charge in [0.1, 0.15) is 10.7 Å². The number of hydrogen-bond donors (Lipinski definition) is 1. The van der Waals surface area contributed by atoms with Crippen LogP contribution in [0.2, 0.25) is 0 Å². The Morgan fingerprint density at radius 3 is 2.42 bits per heavy atom. The molecule has 1 aromatic heterocycles. The number of halogens is 1. The van der Waals surface area contributed by atoms with Gasteiger partial charge in [-0.25, -0.2) is 22.5 Å². The van der Waals surface area contributed by atoms with Crippen LogP contribution in [0.3, 0.4) is 0 Å². The number of aromatic carboxylic acids is 1. The number of carboxylic acids is 1. The van der Waals surface area contributed by atoms with Gasteiger partial charge in [-0.1, -0.05) is 30.3 Å². The van der Waals surface area contributed by atoms with Gasteiger partial charge in [0.05, 0.1) is 27.3 Å². The van der Waals surface area contributed by atoms with E-state index in [0.29, 0.717) is 10.5 Å². The molecule has 170 valence electrons. The normalized spacial score (nSPS) is 14.3. The molecule has 1 aliphatic rings. The molecular weight excluding hydrogens is 469 g/mol. The first-order valence-corrected chi connectivity index (χ1v) is 12.1. The molecule has 0 unspecified atom stereocenters. The summed E-state index contributed by atoms with van der Waals surface area (Å²) in [5, 5.41) is 10.8. The van der Waals surface area contributed by atoms with E-state index in [-0.39, 0.29) is 27.3 Å². The number of fused-ring (bicyclic) bond motifs is 1. The predicted molar refractivity (Wildman–Crippen MR) is 120 cm³/mol. The maximum absolute atomic E-state index is 14.8. The van der Waals surface area contributed by atoms with Crippen LogP contribution in [0.4, 0.5) is 10.1 Å². The monoisotopic (exact) mass is 487 g/mol. The summed E-state index contributed by atoms with van der Waals surface area (Å²) in [6.45, 7) is 3.02. The lowest BCUT2D eigenvalue weighted by Crippen LogP contribution is -2.43. The molecule has 2 aromatic carbocycles. The molecule has 0 atom stereocenters. The van der Waals surface area contributed by atoms with Crippen LogP contribution in [0, 0.1) is 5.82 Å². The summed E-state index contributed by atoms with van der Waals surface area (Å²) in [7, 11) is -4.08. The molecule has 7 nitrogen and oxygen atoms in total. The number of anilines is 1. The predicted octanol–water partition coefficient (Wildman–Crippen LogP) is 4.02. The lowest BCUT2D eigenvalue weighted by atomic mass is 10.0. The quantitative estimate of drug-likeness (QED) is 0.430. The molecule has 0 radical (unpaired) electrons. The van der Waals surface area contributed by atoms with Gasteiger partial charge in [-0.05, 0) is 48.6 Å². The zero-order valence-corrected chi connectivity index (χ0v) is 19.2. The lowest BCUT2D eigenvalue weighted by Gasteiger charge is -2.28. The number of amides is 2. The van der Waals surface area contributed by atoms with Crippen LogP contribution in [0.25, 0.3) is 0 Å². The van der Waals surface area contributed by atoms with E-state index >= 15 is 0 Å². The molecule has 0 saturated heterocycles. The highest BCUT2D eigenvalue weighted by Crippen LogP contribution is 2.38. The third kappa shape index (κ3) is 3.55. The van der Waals surface area contributed by atoms with Gasteiger partial charge < -0.3 is 5.11 Å². The number of sulfone groups is 1. The summed E-state index contributed by atoms with van der Waals surface area (Å²) < 4.78 is 40.4. The van der Waals surface area contributed by atoms with Crippen molar-refractivity contribution in [1.82, 2.24) is 0 Å². The topological polar surface area (TPSA) is 109 Å². The number of thiophene rings is 1. The number of benzene rings is 2. The zero-order chi connectivity index (χ0) is 24.1. The summed E-state index contributed by atoms with van der Waals surface area (Å²) in [6, 6.07) is 11.4. The highest BCUT2D eigenvalue weighted by Gasteiger charge is 2.41. The van der Waals surface area contributed by atoms with Gasteiger partial charge in [-0.3, -0.25) is 9.59 Å². The second kappa shape index (κ2) is 7.89. The van der Waals surface area contributed by atoms with Crippen molar-refractivity contribution >= 4 is 44.6 Å². The van der Waals surface area contributed by atoms with Crippen molar-refractivity contribution in [2.45, 2.75) is 29.9 Å². The maximum atomic E-state index is 14.8. The third-order valence-corrected chi connectivity index (χ3v) is 9.15. The van der Waals surface area contributed by atoms with Crippen molar-refractivity contribution in [3.05, 3.63) is 81.3 Å². The maximum Gasteiger partial charge on any atom is 0.346 e. The van der Waals surface area contributed by atoms with Gasteiger partial charge in [0, 0.05) is 0 Å². The molecule has 0 bridgehead atoms. The van der Waals surface area contributed by atoms with Crippen LogP contribution in [0.5, 0.6) is 0 Å². The summed E-state index contributed by atoms with van der Waals surface area (Å²) in [5.74, 6) is -4.11. The number of imide groups is 1. The number of nitrogens with zero attached hydrogens (tertiary/aromatic N) is 1. The molecule has 1 aliphatic heterocycles. The zero-order valence-electron chi connectivity index (χ0n) is 17.5. The first kappa shape index (κ1) is 22.8. The van der Waals surface area contributed by atoms with Crippen molar-refractivity contribution in [1.29, 1.82) is 0 Å². The van der Waals surface area contributed by atoms with E-state index in [4.69, 9.17) is 0 Å². The van der Waals surface area contributed by atoms with Crippen LogP contribution in [-0.4, -0.2) is 31.3 Å². The summed E-state index contributed by atoms with van der Waals surface area (Å²) >= 11 is 0.800. The summed E-state index contributed by atoms with van der Waals surface area (Å²) in [6.07, 6.45) is -0.309. The number of carbonyl (C=O) groups excluding carboxylic acids is 2. The fourth-order valence-corrected chi connectivity index (χ4v) is 6.19. The van der Waals surface area contributed by atoms with Crippen molar-refractivity contribution in [3.63, 3.8) is 0 Å². The Labute approximate surface area is 193 Å². The smallest absolute Gasteiger partial charge is 0.346 e. The fraction of sp³-hybridized carbons (Fsp3) is 0.174.